The van der Waals surface area contributed by atoms with Crippen molar-refractivity contribution in [2.45, 2.75) is 73.1 Å². The van der Waals surface area contributed by atoms with Gasteiger partial charge in [0.2, 0.25) is 0 Å². The fourth-order valence-electron chi connectivity index (χ4n) is 4.11. The summed E-state index contributed by atoms with van der Waals surface area (Å²) in [7, 11) is 0. The van der Waals surface area contributed by atoms with Gasteiger partial charge in [-0.25, -0.2) is 0 Å². The second-order valence-corrected chi connectivity index (χ2v) is 7.67. The Morgan fingerprint density at radius 1 is 0.900 bits per heavy atom. The van der Waals surface area contributed by atoms with Crippen molar-refractivity contribution in [2.75, 3.05) is 0 Å². The van der Waals surface area contributed by atoms with E-state index in [1.54, 1.807) is 16.7 Å². The van der Waals surface area contributed by atoms with E-state index in [4.69, 9.17) is 0 Å². The molecule has 0 saturated heterocycles. The maximum atomic E-state index is 2.52. The second kappa shape index (κ2) is 6.33. The smallest absolute Gasteiger partial charge is 0.0149 e. The highest BCUT2D eigenvalue weighted by molar-refractivity contribution is 5.17. The lowest BCUT2D eigenvalue weighted by atomic mass is 9.60. The second-order valence-electron chi connectivity index (χ2n) is 7.67. The van der Waals surface area contributed by atoms with Gasteiger partial charge in [0.1, 0.15) is 0 Å². The monoisotopic (exact) mass is 272 g/mol. The third kappa shape index (κ3) is 3.45. The van der Waals surface area contributed by atoms with Crippen LogP contribution in [0.2, 0.25) is 0 Å². The molecular formula is C20H32. The van der Waals surface area contributed by atoms with Crippen LogP contribution < -0.4 is 0 Å². The molecule has 0 heteroatoms. The lowest BCUT2D eigenvalue weighted by Gasteiger charge is -2.45. The van der Waals surface area contributed by atoms with E-state index in [1.165, 1.54) is 38.5 Å². The van der Waals surface area contributed by atoms with E-state index in [2.05, 4.69) is 52.8 Å². The van der Waals surface area contributed by atoms with Gasteiger partial charge < -0.3 is 0 Å². The predicted molar refractivity (Wildman–Crippen MR) is 89.7 cm³/mol. The fraction of sp³-hybridized carbons (Fsp3) is 0.700. The molecular weight excluding hydrogens is 240 g/mol. The van der Waals surface area contributed by atoms with Crippen LogP contribution in [0, 0.1) is 17.3 Å². The number of allylic oxidation sites excluding steroid dienone is 6. The van der Waals surface area contributed by atoms with E-state index in [1.807, 2.05) is 0 Å². The van der Waals surface area contributed by atoms with Gasteiger partial charge >= 0.3 is 0 Å². The third-order valence-electron chi connectivity index (χ3n) is 5.83. The summed E-state index contributed by atoms with van der Waals surface area (Å²) in [4.78, 5) is 0. The van der Waals surface area contributed by atoms with E-state index in [0.29, 0.717) is 5.41 Å². The van der Waals surface area contributed by atoms with Crippen LogP contribution in [-0.2, 0) is 0 Å². The maximum Gasteiger partial charge on any atom is -0.0149 e. The number of hydrogen-bond acceptors (Lipinski definition) is 0. The molecule has 0 fully saturated rings. The SMILES string of the molecule is CC1=CCC/C(C)=C/C[C@@H]2CC=C(C)[C@@H](CC1)C2(C)C. The molecule has 0 unspecified atom stereocenters. The van der Waals surface area contributed by atoms with Gasteiger partial charge in [-0.1, -0.05) is 48.8 Å². The minimum atomic E-state index is 0.440. The van der Waals surface area contributed by atoms with E-state index in [-0.39, 0.29) is 0 Å². The first kappa shape index (κ1) is 15.6. The lowest BCUT2D eigenvalue weighted by molar-refractivity contribution is 0.119. The van der Waals surface area contributed by atoms with Gasteiger partial charge in [0.15, 0.2) is 0 Å². The van der Waals surface area contributed by atoms with E-state index in [9.17, 15) is 0 Å². The summed E-state index contributed by atoms with van der Waals surface area (Å²) in [6, 6.07) is 0. The van der Waals surface area contributed by atoms with Crippen LogP contribution in [0.4, 0.5) is 0 Å². The zero-order chi connectivity index (χ0) is 14.8. The summed E-state index contributed by atoms with van der Waals surface area (Å²) in [5.41, 5.74) is 5.24. The van der Waals surface area contributed by atoms with Gasteiger partial charge in [-0.2, -0.15) is 0 Å². The highest BCUT2D eigenvalue weighted by Crippen LogP contribution is 2.49. The van der Waals surface area contributed by atoms with Crippen molar-refractivity contribution < 1.29 is 0 Å². The minimum absolute atomic E-state index is 0.440. The van der Waals surface area contributed by atoms with Gasteiger partial charge in [0, 0.05) is 0 Å². The van der Waals surface area contributed by atoms with E-state index in [0.717, 1.165) is 11.8 Å². The molecule has 112 valence electrons. The molecule has 2 rings (SSSR count). The van der Waals surface area contributed by atoms with Gasteiger partial charge in [-0.15, -0.1) is 0 Å². The number of fused-ring (bicyclic) bond motifs is 2. The molecule has 0 N–H and O–H groups in total. The molecule has 2 atom stereocenters. The quantitative estimate of drug-likeness (QED) is 0.444. The van der Waals surface area contributed by atoms with Crippen molar-refractivity contribution in [2.24, 2.45) is 17.3 Å². The van der Waals surface area contributed by atoms with Crippen LogP contribution in [0.1, 0.15) is 73.1 Å². The topological polar surface area (TPSA) is 0 Å². The molecule has 2 bridgehead atoms. The molecule has 0 aromatic carbocycles. The Balaban J connectivity index is 2.29. The molecule has 0 radical (unpaired) electrons. The summed E-state index contributed by atoms with van der Waals surface area (Å²) in [5.74, 6) is 1.58. The summed E-state index contributed by atoms with van der Waals surface area (Å²) in [6.45, 7) is 12.0. The van der Waals surface area contributed by atoms with Crippen molar-refractivity contribution in [3.63, 3.8) is 0 Å². The Labute approximate surface area is 126 Å². The third-order valence-corrected chi connectivity index (χ3v) is 5.83. The van der Waals surface area contributed by atoms with Crippen molar-refractivity contribution in [3.05, 3.63) is 34.9 Å². The average Bonchev–Trinajstić information content (AvgIpc) is 2.36. The van der Waals surface area contributed by atoms with Gasteiger partial charge in [0.05, 0.1) is 0 Å². The van der Waals surface area contributed by atoms with Crippen LogP contribution in [0.25, 0.3) is 0 Å². The first-order chi connectivity index (χ1) is 9.41. The Hall–Kier alpha value is -0.780. The molecule has 20 heavy (non-hydrogen) atoms. The summed E-state index contributed by atoms with van der Waals surface area (Å²) < 4.78 is 0. The molecule has 0 amide bonds. The molecule has 0 heterocycles. The van der Waals surface area contributed by atoms with Crippen molar-refractivity contribution >= 4 is 0 Å². The Morgan fingerprint density at radius 2 is 1.55 bits per heavy atom. The van der Waals surface area contributed by atoms with Crippen molar-refractivity contribution in [3.8, 4) is 0 Å². The van der Waals surface area contributed by atoms with Crippen LogP contribution in [-0.4, -0.2) is 0 Å². The summed E-state index contributed by atoms with van der Waals surface area (Å²) >= 11 is 0. The molecule has 2 aliphatic carbocycles. The summed E-state index contributed by atoms with van der Waals surface area (Å²) in [5, 5.41) is 0. The van der Waals surface area contributed by atoms with Gasteiger partial charge in [0.25, 0.3) is 0 Å². The average molecular weight is 272 g/mol. The minimum Gasteiger partial charge on any atom is -0.0853 e. The molecule has 0 spiro atoms. The van der Waals surface area contributed by atoms with Crippen molar-refractivity contribution in [1.82, 2.24) is 0 Å². The largest absolute Gasteiger partial charge is 0.0853 e. The molecule has 0 aromatic heterocycles. The standard InChI is InChI=1S/C20H32/c1-15-7-6-8-16(2)10-14-19-17(3)11-13-18(12-9-15)20(19,4)5/h8-9,11,18-19H,6-7,10,12-14H2,1-5H3/b15-9+,16-8?/t18-,19-/m1/s1. The number of rotatable bonds is 0. The van der Waals surface area contributed by atoms with Gasteiger partial charge in [-0.05, 0) is 76.5 Å². The Morgan fingerprint density at radius 3 is 2.30 bits per heavy atom. The molecule has 2 aliphatic rings. The molecule has 0 aliphatic heterocycles. The van der Waals surface area contributed by atoms with Crippen molar-refractivity contribution in [1.29, 1.82) is 0 Å². The van der Waals surface area contributed by atoms with E-state index >= 15 is 0 Å². The Bertz CT molecular complexity index is 431. The zero-order valence-electron chi connectivity index (χ0n) is 14.1. The molecule has 0 nitrogen and oxygen atoms in total. The highest BCUT2D eigenvalue weighted by atomic mass is 14.4. The van der Waals surface area contributed by atoms with Crippen LogP contribution in [0.3, 0.4) is 0 Å². The van der Waals surface area contributed by atoms with Crippen LogP contribution in [0.15, 0.2) is 34.9 Å². The fourth-order valence-corrected chi connectivity index (χ4v) is 4.11. The van der Waals surface area contributed by atoms with Gasteiger partial charge in [-0.3, -0.25) is 0 Å². The first-order valence-electron chi connectivity index (χ1n) is 8.39. The molecule has 0 saturated carbocycles. The maximum absolute atomic E-state index is 2.52. The number of hydrogen-bond donors (Lipinski definition) is 0. The van der Waals surface area contributed by atoms with Crippen LogP contribution in [0.5, 0.6) is 0 Å². The predicted octanol–water partition coefficient (Wildman–Crippen LogP) is 6.45. The summed E-state index contributed by atoms with van der Waals surface area (Å²) in [6.07, 6.45) is 15.1. The first-order valence-corrected chi connectivity index (χ1v) is 8.39. The van der Waals surface area contributed by atoms with E-state index < -0.39 is 0 Å². The molecule has 0 aromatic rings. The Kier molecular flexibility index (Phi) is 4.94. The highest BCUT2D eigenvalue weighted by Gasteiger charge is 2.39. The normalized spacial score (nSPS) is 34.0. The zero-order valence-corrected chi connectivity index (χ0v) is 14.1. The van der Waals surface area contributed by atoms with Crippen LogP contribution >= 0.6 is 0 Å². The lowest BCUT2D eigenvalue weighted by Crippen LogP contribution is -2.36.